The normalized spacial score (nSPS) is 16.1. The number of aryl methyl sites for hydroxylation is 1. The molecule has 9 heteroatoms. The summed E-state index contributed by atoms with van der Waals surface area (Å²) in [6.45, 7) is 6.74. The minimum Gasteiger partial charge on any atom is -0.484 e. The van der Waals surface area contributed by atoms with Crippen molar-refractivity contribution in [3.63, 3.8) is 0 Å². The van der Waals surface area contributed by atoms with Crippen molar-refractivity contribution in [1.29, 1.82) is 0 Å². The molecule has 3 aromatic carbocycles. The first-order valence-corrected chi connectivity index (χ1v) is 13.1. The van der Waals surface area contributed by atoms with E-state index in [-0.39, 0.29) is 38.0 Å². The number of hydrogen-bond acceptors (Lipinski definition) is 5. The van der Waals surface area contributed by atoms with Crippen LogP contribution in [-0.2, 0) is 21.0 Å². The molecule has 1 aliphatic rings. The molecule has 1 aromatic heterocycles. The van der Waals surface area contributed by atoms with Crippen molar-refractivity contribution >= 4 is 56.6 Å². The third kappa shape index (κ3) is 5.61. The third-order valence-electron chi connectivity index (χ3n) is 6.70. The molecule has 1 N–H and O–H groups in total. The number of likely N-dealkylation sites (tertiary alicyclic amines) is 1. The molecule has 2 amide bonds. The molecule has 8 nitrogen and oxygen atoms in total. The van der Waals surface area contributed by atoms with E-state index >= 15 is 0 Å². The molecule has 1 atom stereocenters. The maximum absolute atomic E-state index is 13.5. The molecular weight excluding hydrogens is 516 g/mol. The van der Waals surface area contributed by atoms with Gasteiger partial charge in [0.15, 0.2) is 6.61 Å². The Morgan fingerprint density at radius 2 is 1.87 bits per heavy atom. The maximum Gasteiger partial charge on any atom is 0.261 e. The molecule has 1 fully saturated rings. The van der Waals surface area contributed by atoms with E-state index in [0.717, 1.165) is 28.4 Å². The van der Waals surface area contributed by atoms with E-state index in [4.69, 9.17) is 21.2 Å². The summed E-state index contributed by atoms with van der Waals surface area (Å²) in [5, 5.41) is 9.87. The van der Waals surface area contributed by atoms with Gasteiger partial charge in [-0.05, 0) is 55.5 Å². The Bertz CT molecular complexity index is 1560. The number of rotatable bonds is 9. The number of nitrogens with one attached hydrogen (secondary N) is 1. The molecule has 2 heterocycles. The molecule has 0 unspecified atom stereocenters. The largest absolute Gasteiger partial charge is 0.484 e. The fourth-order valence-electron chi connectivity index (χ4n) is 4.90. The predicted molar refractivity (Wildman–Crippen MR) is 154 cm³/mol. The molecule has 0 spiro atoms. The predicted octanol–water partition coefficient (Wildman–Crippen LogP) is 5.64. The number of hydrogen-bond donors (Lipinski definition) is 1. The van der Waals surface area contributed by atoms with Crippen molar-refractivity contribution in [3.05, 3.63) is 84.4 Å². The van der Waals surface area contributed by atoms with Gasteiger partial charge in [-0.3, -0.25) is 9.59 Å². The highest BCUT2D eigenvalue weighted by Crippen LogP contribution is 2.31. The van der Waals surface area contributed by atoms with Crippen molar-refractivity contribution in [2.24, 2.45) is 5.16 Å². The number of anilines is 1. The number of carbonyl (C=O) groups excluding carboxylic acids is 2. The molecule has 0 radical (unpaired) electrons. The lowest BCUT2D eigenvalue weighted by molar-refractivity contribution is -0.138. The van der Waals surface area contributed by atoms with Gasteiger partial charge in [-0.25, -0.2) is 0 Å². The SMILES string of the molecule is C=CCO/N=C1\C[C@@H](C(=O)Nc2ccc3c(c2)c2ccccc2n3CC)N(C(=O)COc2ccc(Cl)cc2)C1. The van der Waals surface area contributed by atoms with Gasteiger partial charge in [0, 0.05) is 45.5 Å². The van der Waals surface area contributed by atoms with E-state index in [1.165, 1.54) is 4.90 Å². The highest BCUT2D eigenvalue weighted by atomic mass is 35.5. The highest BCUT2D eigenvalue weighted by Gasteiger charge is 2.38. The van der Waals surface area contributed by atoms with Gasteiger partial charge >= 0.3 is 0 Å². The Labute approximate surface area is 231 Å². The number of amides is 2. The number of ether oxygens (including phenoxy) is 1. The Balaban J connectivity index is 1.36. The van der Waals surface area contributed by atoms with E-state index in [1.807, 2.05) is 30.3 Å². The average molecular weight is 545 g/mol. The van der Waals surface area contributed by atoms with E-state index in [0.29, 0.717) is 22.2 Å². The van der Waals surface area contributed by atoms with Crippen LogP contribution in [0.1, 0.15) is 13.3 Å². The summed E-state index contributed by atoms with van der Waals surface area (Å²) in [7, 11) is 0. The van der Waals surface area contributed by atoms with E-state index < -0.39 is 6.04 Å². The molecular formula is C30H29ClN4O4. The second-order valence-electron chi connectivity index (χ2n) is 9.21. The Kier molecular flexibility index (Phi) is 7.84. The number of fused-ring (bicyclic) bond motifs is 3. The summed E-state index contributed by atoms with van der Waals surface area (Å²) >= 11 is 5.93. The number of benzene rings is 3. The summed E-state index contributed by atoms with van der Waals surface area (Å²) < 4.78 is 7.90. The zero-order valence-corrected chi connectivity index (χ0v) is 22.4. The standard InChI is InChI=1S/C30H29ClN4O4/c1-3-15-39-33-22-17-28(35(18-22)29(36)19-38-23-12-9-20(31)10-13-23)30(37)32-21-11-14-27-25(16-21)24-7-5-6-8-26(24)34(27)4-2/h3,5-14,16,28H,1,4,15,17-19H2,2H3,(H,32,37)/b33-22+/t28-/m0/s1. The maximum atomic E-state index is 13.5. The van der Waals surface area contributed by atoms with Crippen LogP contribution in [0.2, 0.25) is 5.02 Å². The van der Waals surface area contributed by atoms with Crippen molar-refractivity contribution < 1.29 is 19.2 Å². The van der Waals surface area contributed by atoms with Crippen molar-refractivity contribution in [2.45, 2.75) is 25.9 Å². The van der Waals surface area contributed by atoms with Gasteiger partial charge in [0.1, 0.15) is 18.4 Å². The minimum atomic E-state index is -0.759. The summed E-state index contributed by atoms with van der Waals surface area (Å²) in [4.78, 5) is 33.4. The quantitative estimate of drug-likeness (QED) is 0.168. The van der Waals surface area contributed by atoms with Gasteiger partial charge in [-0.2, -0.15) is 0 Å². The first-order chi connectivity index (χ1) is 19.0. The molecule has 1 aliphatic heterocycles. The van der Waals surface area contributed by atoms with Crippen molar-refractivity contribution in [2.75, 3.05) is 25.1 Å². The van der Waals surface area contributed by atoms with Crippen LogP contribution >= 0.6 is 11.6 Å². The lowest BCUT2D eigenvalue weighted by Gasteiger charge is -2.23. The molecule has 0 bridgehead atoms. The van der Waals surface area contributed by atoms with Crippen molar-refractivity contribution in [1.82, 2.24) is 9.47 Å². The summed E-state index contributed by atoms with van der Waals surface area (Å²) in [6, 6.07) is 20.1. The van der Waals surface area contributed by atoms with Crippen LogP contribution in [0.15, 0.2) is 84.5 Å². The minimum absolute atomic E-state index is 0.168. The second-order valence-corrected chi connectivity index (χ2v) is 9.65. The Hall–Kier alpha value is -4.30. The van der Waals surface area contributed by atoms with Gasteiger partial charge in [0.05, 0.1) is 12.3 Å². The number of nitrogens with zero attached hydrogens (tertiary/aromatic N) is 3. The van der Waals surface area contributed by atoms with Gasteiger partial charge in [0.25, 0.3) is 5.91 Å². The smallest absolute Gasteiger partial charge is 0.261 e. The van der Waals surface area contributed by atoms with E-state index in [2.05, 4.69) is 40.7 Å². The fraction of sp³-hybridized carbons (Fsp3) is 0.233. The Morgan fingerprint density at radius 3 is 2.64 bits per heavy atom. The second kappa shape index (κ2) is 11.6. The first kappa shape index (κ1) is 26.3. The first-order valence-electron chi connectivity index (χ1n) is 12.8. The number of aromatic nitrogens is 1. The monoisotopic (exact) mass is 544 g/mol. The highest BCUT2D eigenvalue weighted by molar-refractivity contribution is 6.30. The van der Waals surface area contributed by atoms with Crippen LogP contribution < -0.4 is 10.1 Å². The van der Waals surface area contributed by atoms with Crippen LogP contribution in [0.25, 0.3) is 21.8 Å². The van der Waals surface area contributed by atoms with Gasteiger partial charge < -0.3 is 24.4 Å². The molecule has 0 aliphatic carbocycles. The summed E-state index contributed by atoms with van der Waals surface area (Å²) in [6.07, 6.45) is 1.84. The lowest BCUT2D eigenvalue weighted by atomic mass is 10.1. The lowest BCUT2D eigenvalue weighted by Crippen LogP contribution is -2.45. The number of carbonyl (C=O) groups is 2. The van der Waals surface area contributed by atoms with Crippen LogP contribution in [0.4, 0.5) is 5.69 Å². The molecule has 1 saturated heterocycles. The zero-order valence-electron chi connectivity index (χ0n) is 21.6. The molecule has 0 saturated carbocycles. The zero-order chi connectivity index (χ0) is 27.4. The van der Waals surface area contributed by atoms with Gasteiger partial charge in [-0.15, -0.1) is 0 Å². The molecule has 4 aromatic rings. The van der Waals surface area contributed by atoms with Crippen LogP contribution in [0.3, 0.4) is 0 Å². The number of para-hydroxylation sites is 1. The van der Waals surface area contributed by atoms with Gasteiger partial charge in [0.2, 0.25) is 5.91 Å². The molecule has 200 valence electrons. The van der Waals surface area contributed by atoms with Crippen LogP contribution in [0.5, 0.6) is 5.75 Å². The number of oxime groups is 1. The van der Waals surface area contributed by atoms with E-state index in [9.17, 15) is 9.59 Å². The van der Waals surface area contributed by atoms with Crippen molar-refractivity contribution in [3.8, 4) is 5.75 Å². The molecule has 39 heavy (non-hydrogen) atoms. The van der Waals surface area contributed by atoms with E-state index in [1.54, 1.807) is 30.3 Å². The van der Waals surface area contributed by atoms with Crippen LogP contribution in [0, 0.1) is 0 Å². The van der Waals surface area contributed by atoms with Crippen LogP contribution in [-0.4, -0.2) is 52.8 Å². The van der Waals surface area contributed by atoms with Gasteiger partial charge in [-0.1, -0.05) is 47.6 Å². The average Bonchev–Trinajstić information content (AvgIpc) is 3.52. The fourth-order valence-corrected chi connectivity index (χ4v) is 5.03. The topological polar surface area (TPSA) is 85.2 Å². The Morgan fingerprint density at radius 1 is 1.10 bits per heavy atom. The summed E-state index contributed by atoms with van der Waals surface area (Å²) in [5.74, 6) is -0.126. The molecule has 5 rings (SSSR count). The third-order valence-corrected chi connectivity index (χ3v) is 6.95. The number of halogens is 1. The summed E-state index contributed by atoms with van der Waals surface area (Å²) in [5.41, 5.74) is 3.50.